The van der Waals surface area contributed by atoms with Crippen LogP contribution < -0.4 is 5.73 Å². The molecule has 21 heavy (non-hydrogen) atoms. The molecule has 2 rings (SSSR count). The number of methoxy groups -OCH3 is 1. The molecule has 0 bridgehead atoms. The van der Waals surface area contributed by atoms with E-state index in [1.54, 1.807) is 19.5 Å². The smallest absolute Gasteiger partial charge is 0.223 e. The minimum atomic E-state index is 0.223. The van der Waals surface area contributed by atoms with Crippen LogP contribution in [0.3, 0.4) is 0 Å². The minimum Gasteiger partial charge on any atom is -0.383 e. The van der Waals surface area contributed by atoms with Gasteiger partial charge in [-0.15, -0.1) is 0 Å². The topological polar surface area (TPSA) is 84.6 Å². The van der Waals surface area contributed by atoms with E-state index < -0.39 is 0 Å². The summed E-state index contributed by atoms with van der Waals surface area (Å²) in [6, 6.07) is 0. The Balaban J connectivity index is 1.79. The van der Waals surface area contributed by atoms with Gasteiger partial charge in [-0.3, -0.25) is 4.79 Å². The number of ether oxygens (including phenoxy) is 1. The van der Waals surface area contributed by atoms with Crippen LogP contribution in [0.15, 0.2) is 12.4 Å². The molecule has 2 heterocycles. The highest BCUT2D eigenvalue weighted by Crippen LogP contribution is 2.19. The van der Waals surface area contributed by atoms with Gasteiger partial charge in [0.05, 0.1) is 6.61 Å². The van der Waals surface area contributed by atoms with Gasteiger partial charge < -0.3 is 20.3 Å². The normalized spacial score (nSPS) is 18.7. The highest BCUT2D eigenvalue weighted by Gasteiger charge is 2.29. The van der Waals surface area contributed by atoms with Crippen LogP contribution in [0.2, 0.25) is 0 Å². The molecular formula is C14H23N5O2. The van der Waals surface area contributed by atoms with Gasteiger partial charge >= 0.3 is 0 Å². The quantitative estimate of drug-likeness (QED) is 0.761. The monoisotopic (exact) mass is 293 g/mol. The molecule has 0 unspecified atom stereocenters. The average Bonchev–Trinajstić information content (AvgIpc) is 2.79. The van der Waals surface area contributed by atoms with Gasteiger partial charge in [-0.25, -0.2) is 9.97 Å². The van der Waals surface area contributed by atoms with Gasteiger partial charge in [0.15, 0.2) is 0 Å². The Morgan fingerprint density at radius 3 is 2.86 bits per heavy atom. The molecule has 2 N–H and O–H groups in total. The SMILES string of the molecule is COCCN1C[C@@H](CN(C)Cc2cnc(N)nc2)CC1=O. The van der Waals surface area contributed by atoms with Crippen molar-refractivity contribution in [2.45, 2.75) is 13.0 Å². The highest BCUT2D eigenvalue weighted by molar-refractivity contribution is 5.78. The van der Waals surface area contributed by atoms with Crippen molar-refractivity contribution in [1.29, 1.82) is 0 Å². The first kappa shape index (κ1) is 15.7. The maximum absolute atomic E-state index is 11.9. The fourth-order valence-corrected chi connectivity index (χ4v) is 2.66. The number of carbonyl (C=O) groups excluding carboxylic acids is 1. The molecule has 1 aromatic heterocycles. The van der Waals surface area contributed by atoms with Crippen LogP contribution in [0, 0.1) is 5.92 Å². The van der Waals surface area contributed by atoms with Crippen molar-refractivity contribution >= 4 is 11.9 Å². The number of anilines is 1. The molecule has 1 fully saturated rings. The molecule has 0 spiro atoms. The molecule has 7 heteroatoms. The van der Waals surface area contributed by atoms with Gasteiger partial charge in [0.2, 0.25) is 11.9 Å². The second-order valence-electron chi connectivity index (χ2n) is 5.55. The van der Waals surface area contributed by atoms with Crippen LogP contribution in [0.25, 0.3) is 0 Å². The number of rotatable bonds is 7. The van der Waals surface area contributed by atoms with Crippen LogP contribution in [0.4, 0.5) is 5.95 Å². The predicted molar refractivity (Wildman–Crippen MR) is 79.3 cm³/mol. The van der Waals surface area contributed by atoms with E-state index in [0.717, 1.165) is 25.2 Å². The van der Waals surface area contributed by atoms with Gasteiger partial charge in [0.1, 0.15) is 0 Å². The van der Waals surface area contributed by atoms with Crippen molar-refractivity contribution in [3.8, 4) is 0 Å². The van der Waals surface area contributed by atoms with Crippen molar-refractivity contribution in [3.05, 3.63) is 18.0 Å². The highest BCUT2D eigenvalue weighted by atomic mass is 16.5. The Morgan fingerprint density at radius 1 is 1.48 bits per heavy atom. The van der Waals surface area contributed by atoms with Crippen molar-refractivity contribution in [2.24, 2.45) is 5.92 Å². The van der Waals surface area contributed by atoms with Gasteiger partial charge in [0, 0.05) is 57.7 Å². The summed E-state index contributed by atoms with van der Waals surface area (Å²) in [6.45, 7) is 3.71. The summed E-state index contributed by atoms with van der Waals surface area (Å²) in [6.07, 6.45) is 4.10. The summed E-state index contributed by atoms with van der Waals surface area (Å²) in [4.78, 5) is 23.9. The third kappa shape index (κ3) is 4.64. The lowest BCUT2D eigenvalue weighted by Crippen LogP contribution is -2.31. The molecule has 1 aliphatic rings. The second kappa shape index (κ2) is 7.33. The molecule has 1 saturated heterocycles. The minimum absolute atomic E-state index is 0.223. The zero-order valence-electron chi connectivity index (χ0n) is 12.7. The predicted octanol–water partition coefficient (Wildman–Crippen LogP) is -0.0145. The fraction of sp³-hybridized carbons (Fsp3) is 0.643. The van der Waals surface area contributed by atoms with E-state index >= 15 is 0 Å². The molecule has 1 aromatic rings. The Bertz CT molecular complexity index is 465. The summed E-state index contributed by atoms with van der Waals surface area (Å²) in [7, 11) is 3.69. The number of likely N-dealkylation sites (tertiary alicyclic amines) is 1. The molecule has 116 valence electrons. The van der Waals surface area contributed by atoms with Gasteiger partial charge in [0.25, 0.3) is 0 Å². The average molecular weight is 293 g/mol. The van der Waals surface area contributed by atoms with E-state index in [0.29, 0.717) is 25.5 Å². The zero-order valence-corrected chi connectivity index (χ0v) is 12.7. The van der Waals surface area contributed by atoms with Gasteiger partial charge in [-0.2, -0.15) is 0 Å². The van der Waals surface area contributed by atoms with Crippen molar-refractivity contribution in [2.75, 3.05) is 46.1 Å². The van der Waals surface area contributed by atoms with E-state index in [-0.39, 0.29) is 11.9 Å². The van der Waals surface area contributed by atoms with E-state index in [1.165, 1.54) is 0 Å². The van der Waals surface area contributed by atoms with Crippen LogP contribution >= 0.6 is 0 Å². The summed E-state index contributed by atoms with van der Waals surface area (Å²) in [5.74, 6) is 0.881. The van der Waals surface area contributed by atoms with Crippen LogP contribution in [0.5, 0.6) is 0 Å². The van der Waals surface area contributed by atoms with E-state index in [9.17, 15) is 4.79 Å². The number of hydrogen-bond donors (Lipinski definition) is 1. The zero-order chi connectivity index (χ0) is 15.2. The Kier molecular flexibility index (Phi) is 5.46. The molecule has 0 saturated carbocycles. The van der Waals surface area contributed by atoms with Crippen molar-refractivity contribution in [3.63, 3.8) is 0 Å². The van der Waals surface area contributed by atoms with E-state index in [2.05, 4.69) is 14.9 Å². The Hall–Kier alpha value is -1.73. The molecule has 1 atom stereocenters. The Labute approximate surface area is 125 Å². The number of nitrogens with two attached hydrogens (primary N) is 1. The first-order chi connectivity index (χ1) is 10.1. The molecule has 0 radical (unpaired) electrons. The first-order valence-corrected chi connectivity index (χ1v) is 7.10. The van der Waals surface area contributed by atoms with Crippen molar-refractivity contribution < 1.29 is 9.53 Å². The van der Waals surface area contributed by atoms with Gasteiger partial charge in [-0.1, -0.05) is 0 Å². The lowest BCUT2D eigenvalue weighted by Gasteiger charge is -2.21. The number of aromatic nitrogens is 2. The van der Waals surface area contributed by atoms with Crippen molar-refractivity contribution in [1.82, 2.24) is 19.8 Å². The summed E-state index contributed by atoms with van der Waals surface area (Å²) < 4.78 is 5.03. The fourth-order valence-electron chi connectivity index (χ4n) is 2.66. The maximum Gasteiger partial charge on any atom is 0.223 e. The molecular weight excluding hydrogens is 270 g/mol. The molecule has 1 aliphatic heterocycles. The number of nitrogens with zero attached hydrogens (tertiary/aromatic N) is 4. The third-order valence-corrected chi connectivity index (χ3v) is 3.61. The van der Waals surface area contributed by atoms with Crippen LogP contribution in [0.1, 0.15) is 12.0 Å². The number of hydrogen-bond acceptors (Lipinski definition) is 6. The van der Waals surface area contributed by atoms with Crippen LogP contribution in [-0.4, -0.2) is 66.1 Å². The Morgan fingerprint density at radius 2 is 2.19 bits per heavy atom. The third-order valence-electron chi connectivity index (χ3n) is 3.61. The molecule has 0 aromatic carbocycles. The standard InChI is InChI=1S/C14H23N5O2/c1-18(9-12-6-16-14(15)17-7-12)8-11-5-13(20)19(10-11)3-4-21-2/h6-7,11H,3-5,8-10H2,1-2H3,(H2,15,16,17)/t11-/m1/s1. The summed E-state index contributed by atoms with van der Waals surface area (Å²) in [5.41, 5.74) is 6.49. The summed E-state index contributed by atoms with van der Waals surface area (Å²) >= 11 is 0. The van der Waals surface area contributed by atoms with E-state index in [4.69, 9.17) is 10.5 Å². The maximum atomic E-state index is 11.9. The molecule has 0 aliphatic carbocycles. The van der Waals surface area contributed by atoms with E-state index in [1.807, 2.05) is 11.9 Å². The number of amides is 1. The largest absolute Gasteiger partial charge is 0.383 e. The lowest BCUT2D eigenvalue weighted by atomic mass is 10.1. The number of nitrogen functional groups attached to an aromatic ring is 1. The lowest BCUT2D eigenvalue weighted by molar-refractivity contribution is -0.128. The molecule has 7 nitrogen and oxygen atoms in total. The molecule has 1 amide bonds. The number of carbonyl (C=O) groups is 1. The second-order valence-corrected chi connectivity index (χ2v) is 5.55. The summed E-state index contributed by atoms with van der Waals surface area (Å²) in [5, 5.41) is 0. The first-order valence-electron chi connectivity index (χ1n) is 7.10. The van der Waals surface area contributed by atoms with Crippen LogP contribution in [-0.2, 0) is 16.1 Å². The van der Waals surface area contributed by atoms with Gasteiger partial charge in [-0.05, 0) is 13.0 Å².